The molecule has 0 unspecified atom stereocenters. The number of carbonyl (C=O) groups excluding carboxylic acids is 1. The molecule has 2 N–H and O–H groups in total. The fourth-order valence-corrected chi connectivity index (χ4v) is 2.49. The highest BCUT2D eigenvalue weighted by molar-refractivity contribution is 5.95. The maximum Gasteiger partial charge on any atom is 0.254 e. The number of likely N-dealkylation sites (tertiary alicyclic amines) is 1. The van der Waals surface area contributed by atoms with E-state index in [9.17, 15) is 4.79 Å². The van der Waals surface area contributed by atoms with E-state index in [-0.39, 0.29) is 5.91 Å². The van der Waals surface area contributed by atoms with Gasteiger partial charge in [0.1, 0.15) is 11.5 Å². The van der Waals surface area contributed by atoms with Gasteiger partial charge < -0.3 is 20.1 Å². The Hall–Kier alpha value is -1.75. The van der Waals surface area contributed by atoms with E-state index in [1.807, 2.05) is 4.90 Å². The minimum Gasteiger partial charge on any atom is -0.497 e. The number of rotatable bonds is 4. The van der Waals surface area contributed by atoms with E-state index in [1.54, 1.807) is 32.4 Å². The van der Waals surface area contributed by atoms with Crippen LogP contribution in [0.5, 0.6) is 11.5 Å². The molecule has 0 spiro atoms. The zero-order chi connectivity index (χ0) is 14.5. The third kappa shape index (κ3) is 3.22. The number of amides is 1. The van der Waals surface area contributed by atoms with Crippen molar-refractivity contribution in [3.05, 3.63) is 23.8 Å². The smallest absolute Gasteiger partial charge is 0.254 e. The average Bonchev–Trinajstić information content (AvgIpc) is 2.53. The minimum atomic E-state index is 0.0256. The molecule has 0 atom stereocenters. The fourth-order valence-electron chi connectivity index (χ4n) is 2.49. The number of carbonyl (C=O) groups is 1. The van der Waals surface area contributed by atoms with Crippen molar-refractivity contribution in [2.24, 2.45) is 11.7 Å². The highest BCUT2D eigenvalue weighted by atomic mass is 16.5. The normalized spacial score (nSPS) is 16.1. The van der Waals surface area contributed by atoms with Gasteiger partial charge in [-0.1, -0.05) is 0 Å². The van der Waals surface area contributed by atoms with Crippen LogP contribution < -0.4 is 15.2 Å². The molecule has 20 heavy (non-hydrogen) atoms. The molecule has 0 radical (unpaired) electrons. The van der Waals surface area contributed by atoms with Gasteiger partial charge in [0.15, 0.2) is 0 Å². The summed E-state index contributed by atoms with van der Waals surface area (Å²) in [5, 5.41) is 0. The first kappa shape index (κ1) is 14.7. The number of piperidine rings is 1. The second-order valence-corrected chi connectivity index (χ2v) is 5.07. The maximum absolute atomic E-state index is 12.5. The van der Waals surface area contributed by atoms with Gasteiger partial charge in [-0.2, -0.15) is 0 Å². The Morgan fingerprint density at radius 3 is 2.20 bits per heavy atom. The molecule has 1 aliphatic heterocycles. The van der Waals surface area contributed by atoms with Gasteiger partial charge in [-0.3, -0.25) is 4.79 Å². The van der Waals surface area contributed by atoms with Gasteiger partial charge in [0, 0.05) is 24.7 Å². The molecule has 0 saturated carbocycles. The first-order chi connectivity index (χ1) is 9.67. The van der Waals surface area contributed by atoms with Crippen LogP contribution >= 0.6 is 0 Å². The molecule has 1 aliphatic rings. The summed E-state index contributed by atoms with van der Waals surface area (Å²) in [5.41, 5.74) is 6.28. The molecule has 1 saturated heterocycles. The summed E-state index contributed by atoms with van der Waals surface area (Å²) in [7, 11) is 3.16. The highest BCUT2D eigenvalue weighted by Gasteiger charge is 2.23. The maximum atomic E-state index is 12.5. The van der Waals surface area contributed by atoms with Crippen molar-refractivity contribution < 1.29 is 14.3 Å². The molecule has 5 heteroatoms. The molecule has 5 nitrogen and oxygen atoms in total. The Morgan fingerprint density at radius 2 is 1.75 bits per heavy atom. The molecule has 0 bridgehead atoms. The summed E-state index contributed by atoms with van der Waals surface area (Å²) >= 11 is 0. The summed E-state index contributed by atoms with van der Waals surface area (Å²) in [6.45, 7) is 2.23. The van der Waals surface area contributed by atoms with Crippen molar-refractivity contribution in [2.45, 2.75) is 12.8 Å². The van der Waals surface area contributed by atoms with Crippen molar-refractivity contribution in [2.75, 3.05) is 33.9 Å². The lowest BCUT2D eigenvalue weighted by atomic mass is 9.96. The van der Waals surface area contributed by atoms with E-state index in [0.29, 0.717) is 29.5 Å². The molecule has 1 amide bonds. The first-order valence-corrected chi connectivity index (χ1v) is 6.90. The lowest BCUT2D eigenvalue weighted by molar-refractivity contribution is 0.0692. The number of ether oxygens (including phenoxy) is 2. The largest absolute Gasteiger partial charge is 0.497 e. The minimum absolute atomic E-state index is 0.0256. The summed E-state index contributed by atoms with van der Waals surface area (Å²) in [6.07, 6.45) is 1.95. The second-order valence-electron chi connectivity index (χ2n) is 5.07. The molecule has 2 rings (SSSR count). The Labute approximate surface area is 119 Å². The summed E-state index contributed by atoms with van der Waals surface area (Å²) in [4.78, 5) is 14.4. The van der Waals surface area contributed by atoms with Gasteiger partial charge in [-0.05, 0) is 37.4 Å². The van der Waals surface area contributed by atoms with E-state index in [1.165, 1.54) is 0 Å². The van der Waals surface area contributed by atoms with Crippen LogP contribution in [0, 0.1) is 5.92 Å². The van der Waals surface area contributed by atoms with Gasteiger partial charge in [-0.15, -0.1) is 0 Å². The standard InChI is InChI=1S/C15H22N2O3/c1-19-13-7-12(8-14(9-13)20-2)15(18)17-5-3-11(10-16)4-6-17/h7-9,11H,3-6,10,16H2,1-2H3. The van der Waals surface area contributed by atoms with Crippen LogP contribution in [0.2, 0.25) is 0 Å². The number of benzene rings is 1. The SMILES string of the molecule is COc1cc(OC)cc(C(=O)N2CCC(CN)CC2)c1. The lowest BCUT2D eigenvalue weighted by Crippen LogP contribution is -2.40. The van der Waals surface area contributed by atoms with E-state index < -0.39 is 0 Å². The molecule has 1 aromatic rings. The lowest BCUT2D eigenvalue weighted by Gasteiger charge is -2.31. The van der Waals surface area contributed by atoms with Crippen molar-refractivity contribution >= 4 is 5.91 Å². The van der Waals surface area contributed by atoms with Crippen molar-refractivity contribution in [3.63, 3.8) is 0 Å². The van der Waals surface area contributed by atoms with Gasteiger partial charge in [-0.25, -0.2) is 0 Å². The van der Waals surface area contributed by atoms with Gasteiger partial charge in [0.05, 0.1) is 14.2 Å². The first-order valence-electron chi connectivity index (χ1n) is 6.90. The van der Waals surface area contributed by atoms with Crippen LogP contribution in [0.3, 0.4) is 0 Å². The van der Waals surface area contributed by atoms with Crippen LogP contribution in [0.25, 0.3) is 0 Å². The molecular weight excluding hydrogens is 256 g/mol. The Balaban J connectivity index is 2.12. The molecule has 0 aromatic heterocycles. The van der Waals surface area contributed by atoms with E-state index in [2.05, 4.69) is 0 Å². The van der Waals surface area contributed by atoms with Crippen molar-refractivity contribution in [3.8, 4) is 11.5 Å². The average molecular weight is 278 g/mol. The summed E-state index contributed by atoms with van der Waals surface area (Å²) < 4.78 is 10.4. The van der Waals surface area contributed by atoms with Crippen LogP contribution in [-0.2, 0) is 0 Å². The molecule has 1 heterocycles. The molecule has 1 aromatic carbocycles. The molecule has 1 fully saturated rings. The number of methoxy groups -OCH3 is 2. The van der Waals surface area contributed by atoms with Crippen LogP contribution in [-0.4, -0.2) is 44.7 Å². The zero-order valence-corrected chi connectivity index (χ0v) is 12.1. The van der Waals surface area contributed by atoms with Crippen molar-refractivity contribution in [1.29, 1.82) is 0 Å². The molecule has 110 valence electrons. The van der Waals surface area contributed by atoms with Gasteiger partial charge >= 0.3 is 0 Å². The monoisotopic (exact) mass is 278 g/mol. The third-order valence-corrected chi connectivity index (χ3v) is 3.83. The van der Waals surface area contributed by atoms with Gasteiger partial charge in [0.25, 0.3) is 5.91 Å². The Kier molecular flexibility index (Phi) is 4.84. The predicted molar refractivity (Wildman–Crippen MR) is 77.2 cm³/mol. The summed E-state index contributed by atoms with van der Waals surface area (Å²) in [5.74, 6) is 1.82. The van der Waals surface area contributed by atoms with E-state index >= 15 is 0 Å². The fraction of sp³-hybridized carbons (Fsp3) is 0.533. The molecular formula is C15H22N2O3. The number of hydrogen-bond acceptors (Lipinski definition) is 4. The summed E-state index contributed by atoms with van der Waals surface area (Å²) in [6, 6.07) is 5.26. The predicted octanol–water partition coefficient (Wildman–Crippen LogP) is 1.51. The van der Waals surface area contributed by atoms with E-state index in [4.69, 9.17) is 15.2 Å². The number of nitrogens with two attached hydrogens (primary N) is 1. The highest BCUT2D eigenvalue weighted by Crippen LogP contribution is 2.25. The van der Waals surface area contributed by atoms with Crippen LogP contribution in [0.4, 0.5) is 0 Å². The Bertz CT molecular complexity index is 446. The topological polar surface area (TPSA) is 64.8 Å². The zero-order valence-electron chi connectivity index (χ0n) is 12.1. The third-order valence-electron chi connectivity index (χ3n) is 3.83. The van der Waals surface area contributed by atoms with Crippen LogP contribution in [0.15, 0.2) is 18.2 Å². The van der Waals surface area contributed by atoms with E-state index in [0.717, 1.165) is 25.9 Å². The molecule has 0 aliphatic carbocycles. The van der Waals surface area contributed by atoms with Crippen molar-refractivity contribution in [1.82, 2.24) is 4.90 Å². The quantitative estimate of drug-likeness (QED) is 0.907. The number of nitrogens with zero attached hydrogens (tertiary/aromatic N) is 1. The second kappa shape index (κ2) is 6.61. The number of hydrogen-bond donors (Lipinski definition) is 1. The Morgan fingerprint density at radius 1 is 1.20 bits per heavy atom. The van der Waals surface area contributed by atoms with Gasteiger partial charge in [0.2, 0.25) is 0 Å². The van der Waals surface area contributed by atoms with Crippen LogP contribution in [0.1, 0.15) is 23.2 Å².